The first-order valence-corrected chi connectivity index (χ1v) is 6.94. The molecule has 0 aliphatic rings. The number of hydrogen-bond donors (Lipinski definition) is 0. The Labute approximate surface area is 126 Å². The highest BCUT2D eigenvalue weighted by atomic mass is 79.9. The van der Waals surface area contributed by atoms with Gasteiger partial charge >= 0.3 is 0 Å². The van der Waals surface area contributed by atoms with Gasteiger partial charge in [-0.15, -0.1) is 0 Å². The third kappa shape index (κ3) is 3.33. The Kier molecular flexibility index (Phi) is 4.21. The Morgan fingerprint density at radius 1 is 1.16 bits per heavy atom. The molecule has 0 heterocycles. The van der Waals surface area contributed by atoms with E-state index in [4.69, 9.17) is 4.74 Å². The fourth-order valence-electron chi connectivity index (χ4n) is 1.55. The number of nitrogens with zero attached hydrogens (tertiary/aromatic N) is 1. The Morgan fingerprint density at radius 3 is 2.37 bits per heavy atom. The maximum atomic E-state index is 10.8. The summed E-state index contributed by atoms with van der Waals surface area (Å²) < 4.78 is 7.20. The van der Waals surface area contributed by atoms with Crippen molar-refractivity contribution in [1.29, 1.82) is 0 Å². The molecule has 2 aromatic rings. The molecule has 0 aliphatic heterocycles. The lowest BCUT2D eigenvalue weighted by Crippen LogP contribution is -1.93. The van der Waals surface area contributed by atoms with E-state index in [1.165, 1.54) is 6.07 Å². The van der Waals surface area contributed by atoms with E-state index in [0.717, 1.165) is 4.47 Å². The quantitative estimate of drug-likeness (QED) is 0.536. The fourth-order valence-corrected chi connectivity index (χ4v) is 2.23. The summed E-state index contributed by atoms with van der Waals surface area (Å²) >= 11 is 6.63. The SMILES string of the molecule is Cc1cc(Oc2ccc(Br)cc2)c(Br)cc1[N+](=O)[O-]. The van der Waals surface area contributed by atoms with E-state index in [-0.39, 0.29) is 5.69 Å². The topological polar surface area (TPSA) is 52.4 Å². The van der Waals surface area contributed by atoms with Crippen LogP contribution in [0.25, 0.3) is 0 Å². The highest BCUT2D eigenvalue weighted by Crippen LogP contribution is 2.35. The number of ether oxygens (including phenoxy) is 1. The van der Waals surface area contributed by atoms with Crippen molar-refractivity contribution in [2.24, 2.45) is 0 Å². The number of benzene rings is 2. The van der Waals surface area contributed by atoms with Gasteiger partial charge in [-0.3, -0.25) is 10.1 Å². The zero-order chi connectivity index (χ0) is 14.0. The Balaban J connectivity index is 2.33. The molecule has 0 aliphatic carbocycles. The van der Waals surface area contributed by atoms with Crippen LogP contribution in [0.5, 0.6) is 11.5 Å². The van der Waals surface area contributed by atoms with Gasteiger partial charge in [0, 0.05) is 16.1 Å². The smallest absolute Gasteiger partial charge is 0.273 e. The van der Waals surface area contributed by atoms with Crippen LogP contribution in [0.1, 0.15) is 5.56 Å². The molecule has 0 aromatic heterocycles. The maximum absolute atomic E-state index is 10.8. The van der Waals surface area contributed by atoms with Gasteiger partial charge in [0.15, 0.2) is 0 Å². The van der Waals surface area contributed by atoms with Crippen LogP contribution in [-0.4, -0.2) is 4.92 Å². The van der Waals surface area contributed by atoms with E-state index in [9.17, 15) is 10.1 Å². The lowest BCUT2D eigenvalue weighted by atomic mass is 10.2. The van der Waals surface area contributed by atoms with Crippen molar-refractivity contribution >= 4 is 37.5 Å². The van der Waals surface area contributed by atoms with Crippen LogP contribution in [-0.2, 0) is 0 Å². The number of rotatable bonds is 3. The number of hydrogen-bond acceptors (Lipinski definition) is 3. The number of aryl methyl sites for hydroxylation is 1. The molecule has 0 unspecified atom stereocenters. The molecular weight excluding hydrogens is 378 g/mol. The first kappa shape index (κ1) is 14.0. The van der Waals surface area contributed by atoms with Gasteiger partial charge in [-0.2, -0.15) is 0 Å². The molecule has 0 atom stereocenters. The largest absolute Gasteiger partial charge is 0.456 e. The minimum Gasteiger partial charge on any atom is -0.456 e. The van der Waals surface area contributed by atoms with Gasteiger partial charge in [-0.05, 0) is 53.2 Å². The maximum Gasteiger partial charge on any atom is 0.273 e. The van der Waals surface area contributed by atoms with E-state index in [1.54, 1.807) is 13.0 Å². The lowest BCUT2D eigenvalue weighted by molar-refractivity contribution is -0.385. The molecule has 0 saturated carbocycles. The summed E-state index contributed by atoms with van der Waals surface area (Å²) in [6.45, 7) is 1.68. The van der Waals surface area contributed by atoms with Crippen LogP contribution >= 0.6 is 31.9 Å². The average molecular weight is 387 g/mol. The molecule has 0 fully saturated rings. The van der Waals surface area contributed by atoms with Crippen LogP contribution < -0.4 is 4.74 Å². The van der Waals surface area contributed by atoms with Gasteiger partial charge in [0.2, 0.25) is 0 Å². The van der Waals surface area contributed by atoms with Gasteiger partial charge in [0.1, 0.15) is 11.5 Å². The summed E-state index contributed by atoms with van der Waals surface area (Å²) in [5, 5.41) is 10.8. The van der Waals surface area contributed by atoms with Crippen LogP contribution in [0.2, 0.25) is 0 Å². The molecule has 0 N–H and O–H groups in total. The van der Waals surface area contributed by atoms with Gasteiger partial charge in [-0.25, -0.2) is 0 Å². The Hall–Kier alpha value is -1.40. The first-order chi connectivity index (χ1) is 8.97. The summed E-state index contributed by atoms with van der Waals surface area (Å²) in [5.74, 6) is 1.21. The monoisotopic (exact) mass is 385 g/mol. The van der Waals surface area contributed by atoms with Gasteiger partial charge in [0.05, 0.1) is 9.40 Å². The molecule has 4 nitrogen and oxygen atoms in total. The Morgan fingerprint density at radius 2 is 1.79 bits per heavy atom. The molecule has 6 heteroatoms. The predicted molar refractivity (Wildman–Crippen MR) is 79.7 cm³/mol. The zero-order valence-electron chi connectivity index (χ0n) is 9.89. The van der Waals surface area contributed by atoms with Crippen molar-refractivity contribution in [2.75, 3.05) is 0 Å². The van der Waals surface area contributed by atoms with E-state index in [2.05, 4.69) is 31.9 Å². The molecule has 0 bridgehead atoms. The van der Waals surface area contributed by atoms with Crippen molar-refractivity contribution in [3.05, 3.63) is 61.0 Å². The number of nitro groups is 1. The van der Waals surface area contributed by atoms with Crippen molar-refractivity contribution in [3.8, 4) is 11.5 Å². The van der Waals surface area contributed by atoms with E-state index >= 15 is 0 Å². The summed E-state index contributed by atoms with van der Waals surface area (Å²) in [7, 11) is 0. The zero-order valence-corrected chi connectivity index (χ0v) is 13.1. The predicted octanol–water partition coefficient (Wildman–Crippen LogP) is 5.22. The third-order valence-corrected chi connectivity index (χ3v) is 3.64. The molecule has 0 radical (unpaired) electrons. The fraction of sp³-hybridized carbons (Fsp3) is 0.0769. The van der Waals surface area contributed by atoms with Crippen LogP contribution in [0, 0.1) is 17.0 Å². The Bertz CT molecular complexity index is 627. The molecular formula is C13H9Br2NO3. The van der Waals surface area contributed by atoms with Crippen molar-refractivity contribution in [1.82, 2.24) is 0 Å². The molecule has 2 aromatic carbocycles. The first-order valence-electron chi connectivity index (χ1n) is 5.35. The molecule has 0 saturated heterocycles. The van der Waals surface area contributed by atoms with Gasteiger partial charge in [-0.1, -0.05) is 15.9 Å². The third-order valence-electron chi connectivity index (χ3n) is 2.49. The summed E-state index contributed by atoms with van der Waals surface area (Å²) in [6, 6.07) is 10.4. The molecule has 2 rings (SSSR count). The van der Waals surface area contributed by atoms with Gasteiger partial charge in [0.25, 0.3) is 5.69 Å². The average Bonchev–Trinajstić information content (AvgIpc) is 2.35. The number of nitro benzene ring substituents is 1. The second kappa shape index (κ2) is 5.71. The highest BCUT2D eigenvalue weighted by Gasteiger charge is 2.15. The van der Waals surface area contributed by atoms with E-state index < -0.39 is 4.92 Å². The summed E-state index contributed by atoms with van der Waals surface area (Å²) in [6.07, 6.45) is 0. The molecule has 0 amide bonds. The summed E-state index contributed by atoms with van der Waals surface area (Å²) in [4.78, 5) is 10.4. The minimum atomic E-state index is -0.413. The normalized spacial score (nSPS) is 10.3. The van der Waals surface area contributed by atoms with Crippen LogP contribution in [0.15, 0.2) is 45.3 Å². The van der Waals surface area contributed by atoms with E-state index in [1.807, 2.05) is 24.3 Å². The number of halogens is 2. The van der Waals surface area contributed by atoms with Crippen molar-refractivity contribution < 1.29 is 9.66 Å². The second-order valence-corrected chi connectivity index (χ2v) is 5.65. The summed E-state index contributed by atoms with van der Waals surface area (Å²) in [5.41, 5.74) is 0.621. The molecule has 19 heavy (non-hydrogen) atoms. The second-order valence-electron chi connectivity index (χ2n) is 3.88. The highest BCUT2D eigenvalue weighted by molar-refractivity contribution is 9.10. The lowest BCUT2D eigenvalue weighted by Gasteiger charge is -2.09. The van der Waals surface area contributed by atoms with Crippen molar-refractivity contribution in [3.63, 3.8) is 0 Å². The van der Waals surface area contributed by atoms with E-state index in [0.29, 0.717) is 21.5 Å². The van der Waals surface area contributed by atoms with Gasteiger partial charge < -0.3 is 4.74 Å². The standard InChI is InChI=1S/C13H9Br2NO3/c1-8-6-13(11(15)7-12(8)16(17)18)19-10-4-2-9(14)3-5-10/h2-7H,1H3. The van der Waals surface area contributed by atoms with Crippen molar-refractivity contribution in [2.45, 2.75) is 6.92 Å². The minimum absolute atomic E-state index is 0.0648. The van der Waals surface area contributed by atoms with Crippen LogP contribution in [0.3, 0.4) is 0 Å². The molecule has 0 spiro atoms. The van der Waals surface area contributed by atoms with Crippen LogP contribution in [0.4, 0.5) is 5.69 Å². The molecule has 98 valence electrons.